The van der Waals surface area contributed by atoms with Crippen molar-refractivity contribution in [1.29, 1.82) is 0 Å². The van der Waals surface area contributed by atoms with Crippen LogP contribution in [0.25, 0.3) is 27.6 Å². The lowest BCUT2D eigenvalue weighted by Crippen LogP contribution is -2.27. The number of rotatable bonds is 6. The number of fused-ring (bicyclic) bond motifs is 2. The molecule has 6 rings (SSSR count). The molecule has 40 heavy (non-hydrogen) atoms. The van der Waals surface area contributed by atoms with Gasteiger partial charge in [0.1, 0.15) is 0 Å². The number of imide groups is 1. The van der Waals surface area contributed by atoms with Gasteiger partial charge in [-0.15, -0.1) is 0 Å². The van der Waals surface area contributed by atoms with E-state index >= 15 is 0 Å². The van der Waals surface area contributed by atoms with Crippen LogP contribution in [0.15, 0.2) is 108 Å². The fourth-order valence-corrected chi connectivity index (χ4v) is 5.64. The number of methoxy groups -OCH3 is 1. The summed E-state index contributed by atoms with van der Waals surface area (Å²) in [5, 5.41) is 3.47. The quantitative estimate of drug-likeness (QED) is 0.125. The van der Waals surface area contributed by atoms with Crippen LogP contribution in [0.5, 0.6) is 11.5 Å². The molecule has 0 radical (unpaired) electrons. The minimum atomic E-state index is -0.502. The van der Waals surface area contributed by atoms with Crippen molar-refractivity contribution < 1.29 is 23.9 Å². The van der Waals surface area contributed by atoms with Crippen LogP contribution in [0, 0.1) is 0 Å². The topological polar surface area (TPSA) is 72.9 Å². The van der Waals surface area contributed by atoms with Gasteiger partial charge in [-0.05, 0) is 68.7 Å². The average Bonchev–Trinajstić information content (AvgIpc) is 3.24. The Hall–Kier alpha value is -4.88. The molecule has 196 valence electrons. The van der Waals surface area contributed by atoms with Crippen LogP contribution in [0.4, 0.5) is 4.79 Å². The Kier molecular flexibility index (Phi) is 6.80. The molecule has 0 aromatic heterocycles. The first-order valence-corrected chi connectivity index (χ1v) is 13.4. The molecule has 1 aliphatic rings. The SMILES string of the molecule is COc1cc(/C=C2\SC(=O)N(Cc3cccc4ccccc34)C2=O)ccc1OC(=O)c1cccc2ccccc12. The summed E-state index contributed by atoms with van der Waals surface area (Å²) in [5.41, 5.74) is 1.99. The number of benzene rings is 5. The zero-order valence-corrected chi connectivity index (χ0v) is 22.3. The van der Waals surface area contributed by atoms with Crippen molar-refractivity contribution in [2.45, 2.75) is 6.54 Å². The number of esters is 1. The molecule has 1 heterocycles. The van der Waals surface area contributed by atoms with E-state index in [2.05, 4.69) is 0 Å². The van der Waals surface area contributed by atoms with Gasteiger partial charge in [-0.25, -0.2) is 4.79 Å². The van der Waals surface area contributed by atoms with Crippen molar-refractivity contribution in [2.24, 2.45) is 0 Å². The smallest absolute Gasteiger partial charge is 0.344 e. The van der Waals surface area contributed by atoms with Gasteiger partial charge in [0.25, 0.3) is 11.1 Å². The Morgan fingerprint density at radius 3 is 2.25 bits per heavy atom. The van der Waals surface area contributed by atoms with Crippen molar-refractivity contribution >= 4 is 56.5 Å². The maximum Gasteiger partial charge on any atom is 0.344 e. The summed E-state index contributed by atoms with van der Waals surface area (Å²) < 4.78 is 11.2. The van der Waals surface area contributed by atoms with Gasteiger partial charge in [0.05, 0.1) is 24.1 Å². The fraction of sp³-hybridized carbons (Fsp3) is 0.0606. The van der Waals surface area contributed by atoms with E-state index in [-0.39, 0.29) is 23.4 Å². The van der Waals surface area contributed by atoms with E-state index in [4.69, 9.17) is 9.47 Å². The summed E-state index contributed by atoms with van der Waals surface area (Å²) in [7, 11) is 1.48. The van der Waals surface area contributed by atoms with Gasteiger partial charge in [-0.2, -0.15) is 0 Å². The summed E-state index contributed by atoms with van der Waals surface area (Å²) in [6, 6.07) is 31.8. The van der Waals surface area contributed by atoms with E-state index in [9.17, 15) is 14.4 Å². The molecule has 7 heteroatoms. The van der Waals surface area contributed by atoms with Crippen LogP contribution in [0.1, 0.15) is 21.5 Å². The molecule has 0 atom stereocenters. The van der Waals surface area contributed by atoms with E-state index < -0.39 is 5.97 Å². The molecule has 0 N–H and O–H groups in total. The molecule has 1 aliphatic heterocycles. The second-order valence-corrected chi connectivity index (χ2v) is 10.2. The van der Waals surface area contributed by atoms with Crippen molar-refractivity contribution in [3.63, 3.8) is 0 Å². The van der Waals surface area contributed by atoms with Crippen LogP contribution in [0.3, 0.4) is 0 Å². The number of thioether (sulfide) groups is 1. The van der Waals surface area contributed by atoms with E-state index in [1.54, 1.807) is 30.3 Å². The minimum Gasteiger partial charge on any atom is -0.493 e. The van der Waals surface area contributed by atoms with E-state index in [0.29, 0.717) is 21.8 Å². The number of nitrogens with zero attached hydrogens (tertiary/aromatic N) is 1. The van der Waals surface area contributed by atoms with Crippen LogP contribution in [0.2, 0.25) is 0 Å². The van der Waals surface area contributed by atoms with Crippen molar-refractivity contribution in [1.82, 2.24) is 4.90 Å². The first kappa shape index (κ1) is 25.4. The van der Waals surface area contributed by atoms with Crippen LogP contribution in [-0.4, -0.2) is 29.1 Å². The average molecular weight is 546 g/mol. The van der Waals surface area contributed by atoms with E-state index in [0.717, 1.165) is 38.9 Å². The second kappa shape index (κ2) is 10.7. The number of carbonyl (C=O) groups excluding carboxylic acids is 3. The first-order chi connectivity index (χ1) is 19.5. The lowest BCUT2D eigenvalue weighted by molar-refractivity contribution is -0.123. The standard InChI is InChI=1S/C33H23NO5S/c1-38-29-18-21(16-17-28(29)39-32(36)27-15-7-11-23-9-3-5-14-26(23)27)19-30-31(35)34(33(37)40-30)20-24-12-6-10-22-8-2-4-13-25(22)24/h2-19H,20H2,1H3/b30-19-. The molecule has 0 unspecified atom stereocenters. The summed E-state index contributed by atoms with van der Waals surface area (Å²) >= 11 is 0.900. The molecule has 6 nitrogen and oxygen atoms in total. The molecule has 2 amide bonds. The van der Waals surface area contributed by atoms with Gasteiger partial charge in [0.15, 0.2) is 11.5 Å². The summed E-state index contributed by atoms with van der Waals surface area (Å²) in [5.74, 6) is -0.273. The van der Waals surface area contributed by atoms with Crippen molar-refractivity contribution in [2.75, 3.05) is 7.11 Å². The van der Waals surface area contributed by atoms with Gasteiger partial charge >= 0.3 is 5.97 Å². The number of hydrogen-bond acceptors (Lipinski definition) is 6. The zero-order chi connectivity index (χ0) is 27.6. The summed E-state index contributed by atoms with van der Waals surface area (Å²) in [6.45, 7) is 0.190. The van der Waals surface area contributed by atoms with Gasteiger partial charge in [0, 0.05) is 0 Å². The molecular formula is C33H23NO5S. The van der Waals surface area contributed by atoms with Gasteiger partial charge in [-0.3, -0.25) is 14.5 Å². The Morgan fingerprint density at radius 1 is 0.800 bits per heavy atom. The molecule has 1 saturated heterocycles. The first-order valence-electron chi connectivity index (χ1n) is 12.6. The lowest BCUT2D eigenvalue weighted by Gasteiger charge is -2.14. The normalized spacial score (nSPS) is 14.3. The molecule has 5 aromatic carbocycles. The molecule has 0 saturated carbocycles. The third-order valence-electron chi connectivity index (χ3n) is 6.78. The maximum absolute atomic E-state index is 13.2. The van der Waals surface area contributed by atoms with E-state index in [1.807, 2.05) is 78.9 Å². The van der Waals surface area contributed by atoms with Crippen LogP contribution >= 0.6 is 11.8 Å². The molecule has 5 aromatic rings. The number of hydrogen-bond donors (Lipinski definition) is 0. The predicted molar refractivity (Wildman–Crippen MR) is 157 cm³/mol. The monoisotopic (exact) mass is 545 g/mol. The minimum absolute atomic E-state index is 0.190. The summed E-state index contributed by atoms with van der Waals surface area (Å²) in [6.07, 6.45) is 1.65. The fourth-order valence-electron chi connectivity index (χ4n) is 4.80. The van der Waals surface area contributed by atoms with Gasteiger partial charge in [0.2, 0.25) is 0 Å². The Bertz CT molecular complexity index is 1830. The molecule has 0 bridgehead atoms. The second-order valence-electron chi connectivity index (χ2n) is 9.23. The predicted octanol–water partition coefficient (Wildman–Crippen LogP) is 7.46. The van der Waals surface area contributed by atoms with Crippen molar-refractivity contribution in [3.8, 4) is 11.5 Å². The number of carbonyl (C=O) groups is 3. The number of amides is 2. The van der Waals surface area contributed by atoms with E-state index in [1.165, 1.54) is 12.0 Å². The van der Waals surface area contributed by atoms with Crippen LogP contribution < -0.4 is 9.47 Å². The third kappa shape index (κ3) is 4.83. The Morgan fingerprint density at radius 2 is 1.48 bits per heavy atom. The Labute approximate surface area is 234 Å². The van der Waals surface area contributed by atoms with Crippen molar-refractivity contribution in [3.05, 3.63) is 125 Å². The molecule has 0 spiro atoms. The highest BCUT2D eigenvalue weighted by atomic mass is 32.2. The maximum atomic E-state index is 13.2. The van der Waals surface area contributed by atoms with Gasteiger partial charge in [-0.1, -0.05) is 84.9 Å². The van der Waals surface area contributed by atoms with Crippen LogP contribution in [-0.2, 0) is 11.3 Å². The summed E-state index contributed by atoms with van der Waals surface area (Å²) in [4.78, 5) is 40.6. The highest BCUT2D eigenvalue weighted by Crippen LogP contribution is 2.36. The number of ether oxygens (including phenoxy) is 2. The molecular weight excluding hydrogens is 522 g/mol. The highest BCUT2D eigenvalue weighted by Gasteiger charge is 2.35. The third-order valence-corrected chi connectivity index (χ3v) is 7.69. The largest absolute Gasteiger partial charge is 0.493 e. The van der Waals surface area contributed by atoms with Gasteiger partial charge < -0.3 is 9.47 Å². The molecule has 1 fully saturated rings. The molecule has 0 aliphatic carbocycles. The Balaban J connectivity index is 1.23. The highest BCUT2D eigenvalue weighted by molar-refractivity contribution is 8.18. The lowest BCUT2D eigenvalue weighted by atomic mass is 10.0. The zero-order valence-electron chi connectivity index (χ0n) is 21.5.